The highest BCUT2D eigenvalue weighted by molar-refractivity contribution is 5.49. The van der Waals surface area contributed by atoms with Crippen LogP contribution < -0.4 is 4.74 Å². The summed E-state index contributed by atoms with van der Waals surface area (Å²) in [5.41, 5.74) is 2.31. The highest BCUT2D eigenvalue weighted by Crippen LogP contribution is 2.23. The van der Waals surface area contributed by atoms with E-state index in [9.17, 15) is 4.79 Å². The van der Waals surface area contributed by atoms with E-state index < -0.39 is 0 Å². The van der Waals surface area contributed by atoms with E-state index in [0.717, 1.165) is 24.1 Å². The van der Waals surface area contributed by atoms with Crippen LogP contribution in [0, 0.1) is 0 Å². The van der Waals surface area contributed by atoms with Crippen molar-refractivity contribution in [2.24, 2.45) is 0 Å². The molecule has 0 heterocycles. The maximum atomic E-state index is 11.6. The van der Waals surface area contributed by atoms with Gasteiger partial charge in [-0.25, -0.2) is 0 Å². The van der Waals surface area contributed by atoms with Crippen molar-refractivity contribution in [3.05, 3.63) is 65.7 Å². The van der Waals surface area contributed by atoms with Crippen LogP contribution in [-0.2, 0) is 11.2 Å². The number of hydrogen-bond donors (Lipinski definition) is 0. The lowest BCUT2D eigenvalue weighted by Gasteiger charge is -2.31. The second-order valence-electron chi connectivity index (χ2n) is 5.54. The molecule has 0 N–H and O–H groups in total. The minimum atomic E-state index is 0.0549. The number of nitrogens with zero attached hydrogens (tertiary/aromatic N) is 1. The predicted octanol–water partition coefficient (Wildman–Crippen LogP) is 3.85. The second-order valence-corrected chi connectivity index (χ2v) is 5.54. The Morgan fingerprint density at radius 3 is 2.45 bits per heavy atom. The number of ether oxygens (including phenoxy) is 1. The summed E-state index contributed by atoms with van der Waals surface area (Å²) in [6.07, 6.45) is 1.75. The van der Waals surface area contributed by atoms with Crippen LogP contribution in [-0.4, -0.2) is 24.5 Å². The van der Waals surface area contributed by atoms with Crippen LogP contribution in [0.1, 0.15) is 31.0 Å². The fourth-order valence-electron chi connectivity index (χ4n) is 2.73. The van der Waals surface area contributed by atoms with Gasteiger partial charge in [-0.3, -0.25) is 4.79 Å². The molecule has 0 saturated heterocycles. The van der Waals surface area contributed by atoms with Crippen molar-refractivity contribution >= 4 is 6.41 Å². The van der Waals surface area contributed by atoms with Crippen LogP contribution in [0.25, 0.3) is 0 Å². The zero-order valence-electron chi connectivity index (χ0n) is 13.4. The molecule has 0 aliphatic rings. The summed E-state index contributed by atoms with van der Waals surface area (Å²) in [5.74, 6) is 0.846. The molecule has 22 heavy (non-hydrogen) atoms. The van der Waals surface area contributed by atoms with Gasteiger partial charge in [0.05, 0.1) is 13.2 Å². The van der Waals surface area contributed by atoms with Crippen molar-refractivity contribution in [1.82, 2.24) is 4.90 Å². The lowest BCUT2D eigenvalue weighted by Crippen LogP contribution is -2.35. The molecular formula is C19H23NO2. The maximum Gasteiger partial charge on any atom is 0.210 e. The summed E-state index contributed by atoms with van der Waals surface area (Å²) in [4.78, 5) is 13.4. The predicted molar refractivity (Wildman–Crippen MR) is 88.9 cm³/mol. The molecule has 0 aliphatic heterocycles. The van der Waals surface area contributed by atoms with E-state index in [-0.39, 0.29) is 12.1 Å². The lowest BCUT2D eigenvalue weighted by molar-refractivity contribution is -0.122. The Hall–Kier alpha value is -2.29. The van der Waals surface area contributed by atoms with Crippen LogP contribution in [0.4, 0.5) is 0 Å². The third kappa shape index (κ3) is 3.88. The van der Waals surface area contributed by atoms with Crippen molar-refractivity contribution in [2.45, 2.75) is 32.4 Å². The van der Waals surface area contributed by atoms with Gasteiger partial charge in [-0.15, -0.1) is 0 Å². The Morgan fingerprint density at radius 2 is 1.82 bits per heavy atom. The molecule has 0 aliphatic carbocycles. The molecule has 116 valence electrons. The average Bonchev–Trinajstić information content (AvgIpc) is 2.56. The molecule has 0 bridgehead atoms. The first-order valence-electron chi connectivity index (χ1n) is 7.56. The SMILES string of the molecule is COc1cccc(CC(C)N(C=O)C(C)c2ccccc2)c1. The van der Waals surface area contributed by atoms with Crippen molar-refractivity contribution in [3.8, 4) is 5.75 Å². The zero-order chi connectivity index (χ0) is 15.9. The van der Waals surface area contributed by atoms with Crippen molar-refractivity contribution in [1.29, 1.82) is 0 Å². The molecule has 0 fully saturated rings. The van der Waals surface area contributed by atoms with E-state index in [0.29, 0.717) is 0 Å². The van der Waals surface area contributed by atoms with Gasteiger partial charge in [-0.1, -0.05) is 42.5 Å². The summed E-state index contributed by atoms with van der Waals surface area (Å²) in [7, 11) is 1.66. The number of rotatable bonds is 7. The van der Waals surface area contributed by atoms with Gasteiger partial charge in [0, 0.05) is 6.04 Å². The molecular weight excluding hydrogens is 274 g/mol. The molecule has 2 atom stereocenters. The third-order valence-electron chi connectivity index (χ3n) is 4.03. The van der Waals surface area contributed by atoms with Crippen LogP contribution in [0.5, 0.6) is 5.75 Å². The van der Waals surface area contributed by atoms with Crippen LogP contribution in [0.2, 0.25) is 0 Å². The fraction of sp³-hybridized carbons (Fsp3) is 0.316. The van der Waals surface area contributed by atoms with E-state index in [1.165, 1.54) is 5.56 Å². The molecule has 3 nitrogen and oxygen atoms in total. The minimum absolute atomic E-state index is 0.0549. The monoisotopic (exact) mass is 297 g/mol. The highest BCUT2D eigenvalue weighted by atomic mass is 16.5. The Kier molecular flexibility index (Phi) is 5.59. The molecule has 2 unspecified atom stereocenters. The normalized spacial score (nSPS) is 13.2. The summed E-state index contributed by atoms with van der Waals surface area (Å²) >= 11 is 0. The summed E-state index contributed by atoms with van der Waals surface area (Å²) in [6.45, 7) is 4.14. The molecule has 2 aromatic carbocycles. The summed E-state index contributed by atoms with van der Waals surface area (Å²) in [5, 5.41) is 0. The minimum Gasteiger partial charge on any atom is -0.497 e. The molecule has 1 amide bonds. The number of benzene rings is 2. The van der Waals surface area contributed by atoms with Crippen LogP contribution >= 0.6 is 0 Å². The van der Waals surface area contributed by atoms with Gasteiger partial charge in [-0.2, -0.15) is 0 Å². The van der Waals surface area contributed by atoms with Gasteiger partial charge in [0.25, 0.3) is 0 Å². The van der Waals surface area contributed by atoms with Crippen LogP contribution in [0.3, 0.4) is 0 Å². The lowest BCUT2D eigenvalue weighted by atomic mass is 10.0. The average molecular weight is 297 g/mol. The molecule has 0 aromatic heterocycles. The zero-order valence-corrected chi connectivity index (χ0v) is 13.4. The van der Waals surface area contributed by atoms with Crippen molar-refractivity contribution in [2.75, 3.05) is 7.11 Å². The van der Waals surface area contributed by atoms with E-state index in [4.69, 9.17) is 4.74 Å². The molecule has 2 rings (SSSR count). The summed E-state index contributed by atoms with van der Waals surface area (Å²) < 4.78 is 5.26. The Balaban J connectivity index is 2.11. The van der Waals surface area contributed by atoms with E-state index in [2.05, 4.69) is 32.0 Å². The number of methoxy groups -OCH3 is 1. The van der Waals surface area contributed by atoms with Gasteiger partial charge in [-0.05, 0) is 43.5 Å². The van der Waals surface area contributed by atoms with Gasteiger partial charge < -0.3 is 9.64 Å². The first kappa shape index (κ1) is 16.1. The Labute approximate surface area is 132 Å². The first-order valence-corrected chi connectivity index (χ1v) is 7.56. The maximum absolute atomic E-state index is 11.6. The molecule has 0 radical (unpaired) electrons. The first-order chi connectivity index (χ1) is 10.7. The number of amides is 1. The number of hydrogen-bond acceptors (Lipinski definition) is 2. The standard InChI is InChI=1S/C19H23NO2/c1-15(12-17-8-7-11-19(13-17)22-3)20(14-21)16(2)18-9-5-4-6-10-18/h4-11,13-16H,12H2,1-3H3. The molecule has 0 spiro atoms. The number of carbonyl (C=O) groups is 1. The van der Waals surface area contributed by atoms with Gasteiger partial charge in [0.1, 0.15) is 5.75 Å². The number of carbonyl (C=O) groups excluding carboxylic acids is 1. The Bertz CT molecular complexity index is 597. The second kappa shape index (κ2) is 7.64. The molecule has 2 aromatic rings. The Morgan fingerprint density at radius 1 is 1.09 bits per heavy atom. The van der Waals surface area contributed by atoms with Crippen LogP contribution in [0.15, 0.2) is 54.6 Å². The molecule has 0 saturated carbocycles. The highest BCUT2D eigenvalue weighted by Gasteiger charge is 2.20. The topological polar surface area (TPSA) is 29.5 Å². The van der Waals surface area contributed by atoms with Gasteiger partial charge in [0.15, 0.2) is 0 Å². The molecule has 3 heteroatoms. The van der Waals surface area contributed by atoms with E-state index in [1.54, 1.807) is 7.11 Å². The smallest absolute Gasteiger partial charge is 0.210 e. The van der Waals surface area contributed by atoms with Gasteiger partial charge in [0.2, 0.25) is 6.41 Å². The largest absolute Gasteiger partial charge is 0.497 e. The van der Waals surface area contributed by atoms with E-state index in [1.807, 2.05) is 41.3 Å². The fourth-order valence-corrected chi connectivity index (χ4v) is 2.73. The van der Waals surface area contributed by atoms with E-state index >= 15 is 0 Å². The third-order valence-corrected chi connectivity index (χ3v) is 4.03. The van der Waals surface area contributed by atoms with Crippen molar-refractivity contribution in [3.63, 3.8) is 0 Å². The van der Waals surface area contributed by atoms with Gasteiger partial charge >= 0.3 is 0 Å². The summed E-state index contributed by atoms with van der Waals surface area (Å²) in [6, 6.07) is 18.3. The van der Waals surface area contributed by atoms with Crippen molar-refractivity contribution < 1.29 is 9.53 Å². The quantitative estimate of drug-likeness (QED) is 0.727.